The van der Waals surface area contributed by atoms with E-state index < -0.39 is 0 Å². The number of carbonyl (C=O) groups is 1. The van der Waals surface area contributed by atoms with Crippen molar-refractivity contribution in [2.75, 3.05) is 34.0 Å². The van der Waals surface area contributed by atoms with Crippen molar-refractivity contribution in [1.82, 2.24) is 5.32 Å². The first-order valence-corrected chi connectivity index (χ1v) is 11.3. The minimum absolute atomic E-state index is 0. The van der Waals surface area contributed by atoms with Gasteiger partial charge in [-0.05, 0) is 49.5 Å². The summed E-state index contributed by atoms with van der Waals surface area (Å²) >= 11 is 0. The lowest BCUT2D eigenvalue weighted by atomic mass is 10.00. The fourth-order valence-electron chi connectivity index (χ4n) is 3.19. The number of benzene rings is 1. The van der Waals surface area contributed by atoms with E-state index in [0.29, 0.717) is 13.2 Å². The van der Waals surface area contributed by atoms with E-state index in [4.69, 9.17) is 14.2 Å². The lowest BCUT2D eigenvalue weighted by molar-refractivity contribution is -0.124. The summed E-state index contributed by atoms with van der Waals surface area (Å²) in [6.45, 7) is 6.05. The van der Waals surface area contributed by atoms with Crippen molar-refractivity contribution < 1.29 is 19.0 Å². The van der Waals surface area contributed by atoms with Crippen LogP contribution in [0, 0.1) is 5.92 Å². The molecule has 178 valence electrons. The number of ether oxygens (including phenoxy) is 3. The van der Waals surface area contributed by atoms with E-state index in [9.17, 15) is 4.79 Å². The third-order valence-electron chi connectivity index (χ3n) is 5.12. The Morgan fingerprint density at radius 1 is 1.03 bits per heavy atom. The van der Waals surface area contributed by atoms with Crippen LogP contribution in [0.2, 0.25) is 0 Å². The first kappa shape index (κ1) is 29.3. The van der Waals surface area contributed by atoms with Crippen LogP contribution in [0.25, 0.3) is 0 Å². The minimum atomic E-state index is 0. The summed E-state index contributed by atoms with van der Waals surface area (Å²) in [6.07, 6.45) is 12.6. The van der Waals surface area contributed by atoms with Crippen molar-refractivity contribution in [2.24, 2.45) is 5.92 Å². The van der Waals surface area contributed by atoms with Gasteiger partial charge in [-0.25, -0.2) is 0 Å². The number of amides is 1. The van der Waals surface area contributed by atoms with Crippen LogP contribution in [-0.2, 0) is 16.0 Å². The van der Waals surface area contributed by atoms with Gasteiger partial charge in [0.2, 0.25) is 5.91 Å². The van der Waals surface area contributed by atoms with Gasteiger partial charge in [-0.15, -0.1) is 12.4 Å². The molecule has 0 bridgehead atoms. The van der Waals surface area contributed by atoms with Crippen LogP contribution >= 0.6 is 12.4 Å². The van der Waals surface area contributed by atoms with Gasteiger partial charge in [-0.2, -0.15) is 0 Å². The molecule has 1 aromatic carbocycles. The van der Waals surface area contributed by atoms with Gasteiger partial charge in [-0.1, -0.05) is 51.7 Å². The van der Waals surface area contributed by atoms with Gasteiger partial charge in [0.05, 0.1) is 13.7 Å². The van der Waals surface area contributed by atoms with Gasteiger partial charge >= 0.3 is 0 Å². The second-order valence-electron chi connectivity index (χ2n) is 7.72. The molecule has 0 radical (unpaired) electrons. The summed E-state index contributed by atoms with van der Waals surface area (Å²) in [4.78, 5) is 12.0. The molecule has 5 nitrogen and oxygen atoms in total. The number of rotatable bonds is 17. The SMILES string of the molecule is CCCCNC(=O)[C@H](C)CCCCCCc1ccc(OC)c(OCC=CCOC)c1.Cl. The Morgan fingerprint density at radius 2 is 1.77 bits per heavy atom. The molecule has 6 heteroatoms. The normalized spacial score (nSPS) is 11.7. The first-order chi connectivity index (χ1) is 14.6. The van der Waals surface area contributed by atoms with E-state index >= 15 is 0 Å². The second kappa shape index (κ2) is 19.0. The zero-order valence-electron chi connectivity index (χ0n) is 19.8. The lowest BCUT2D eigenvalue weighted by Gasteiger charge is -2.12. The third-order valence-corrected chi connectivity index (χ3v) is 5.12. The smallest absolute Gasteiger partial charge is 0.222 e. The average molecular weight is 456 g/mol. The van der Waals surface area contributed by atoms with Crippen molar-refractivity contribution in [3.05, 3.63) is 35.9 Å². The van der Waals surface area contributed by atoms with Crippen molar-refractivity contribution in [1.29, 1.82) is 0 Å². The molecule has 0 aliphatic heterocycles. The highest BCUT2D eigenvalue weighted by Gasteiger charge is 2.11. The molecule has 1 rings (SSSR count). The summed E-state index contributed by atoms with van der Waals surface area (Å²) in [5, 5.41) is 3.02. The zero-order valence-corrected chi connectivity index (χ0v) is 20.6. The van der Waals surface area contributed by atoms with E-state index in [1.807, 2.05) is 25.1 Å². The Labute approximate surface area is 195 Å². The maximum Gasteiger partial charge on any atom is 0.222 e. The Balaban J connectivity index is 0.00000900. The quantitative estimate of drug-likeness (QED) is 0.240. The molecular weight excluding hydrogens is 414 g/mol. The number of hydrogen-bond acceptors (Lipinski definition) is 4. The summed E-state index contributed by atoms with van der Waals surface area (Å²) < 4.78 is 16.2. The molecule has 0 unspecified atom stereocenters. The number of methoxy groups -OCH3 is 2. The molecule has 0 saturated heterocycles. The second-order valence-corrected chi connectivity index (χ2v) is 7.72. The van der Waals surface area contributed by atoms with Crippen molar-refractivity contribution in [2.45, 2.75) is 65.2 Å². The van der Waals surface area contributed by atoms with E-state index in [1.54, 1.807) is 14.2 Å². The fraction of sp³-hybridized carbons (Fsp3) is 0.640. The predicted octanol–water partition coefficient (Wildman–Crippen LogP) is 5.74. The molecule has 1 aromatic rings. The summed E-state index contributed by atoms with van der Waals surface area (Å²) in [6, 6.07) is 6.16. The van der Waals surface area contributed by atoms with Gasteiger partial charge in [-0.3, -0.25) is 4.79 Å². The molecule has 31 heavy (non-hydrogen) atoms. The van der Waals surface area contributed by atoms with Crippen LogP contribution in [0.3, 0.4) is 0 Å². The first-order valence-electron chi connectivity index (χ1n) is 11.3. The molecule has 0 fully saturated rings. The number of unbranched alkanes of at least 4 members (excludes halogenated alkanes) is 4. The monoisotopic (exact) mass is 455 g/mol. The van der Waals surface area contributed by atoms with Gasteiger partial charge in [0.25, 0.3) is 0 Å². The zero-order chi connectivity index (χ0) is 22.0. The molecule has 0 heterocycles. The molecule has 0 aliphatic rings. The molecule has 1 atom stereocenters. The molecule has 1 amide bonds. The predicted molar refractivity (Wildman–Crippen MR) is 131 cm³/mol. The van der Waals surface area contributed by atoms with Crippen LogP contribution < -0.4 is 14.8 Å². The standard InChI is InChI=1S/C25H41NO4.ClH/c1-5-6-17-26-25(27)21(2)13-9-7-8-10-14-22-15-16-23(29-4)24(20-22)30-19-12-11-18-28-3;/h11-12,15-16,20-21H,5-10,13-14,17-19H2,1-4H3,(H,26,27);1H/t21-;/m1./s1. The molecule has 0 spiro atoms. The molecule has 0 aromatic heterocycles. The van der Waals surface area contributed by atoms with E-state index in [1.165, 1.54) is 12.0 Å². The maximum atomic E-state index is 12.0. The van der Waals surface area contributed by atoms with Gasteiger partial charge in [0.15, 0.2) is 11.5 Å². The van der Waals surface area contributed by atoms with E-state index in [2.05, 4.69) is 24.4 Å². The Kier molecular flexibility index (Phi) is 17.9. The average Bonchev–Trinajstić information content (AvgIpc) is 2.76. The van der Waals surface area contributed by atoms with Crippen molar-refractivity contribution >= 4 is 18.3 Å². The Bertz CT molecular complexity index is 622. The van der Waals surface area contributed by atoms with E-state index in [-0.39, 0.29) is 24.2 Å². The highest BCUT2D eigenvalue weighted by molar-refractivity contribution is 5.85. The van der Waals surface area contributed by atoms with Crippen LogP contribution in [0.15, 0.2) is 30.4 Å². The Hall–Kier alpha value is -1.72. The summed E-state index contributed by atoms with van der Waals surface area (Å²) in [5.74, 6) is 1.84. The van der Waals surface area contributed by atoms with Crippen LogP contribution in [-0.4, -0.2) is 39.9 Å². The van der Waals surface area contributed by atoms with Crippen molar-refractivity contribution in [3.63, 3.8) is 0 Å². The largest absolute Gasteiger partial charge is 0.493 e. The summed E-state index contributed by atoms with van der Waals surface area (Å²) in [5.41, 5.74) is 1.26. The maximum absolute atomic E-state index is 12.0. The lowest BCUT2D eigenvalue weighted by Crippen LogP contribution is -2.29. The highest BCUT2D eigenvalue weighted by atomic mass is 35.5. The molecule has 1 N–H and O–H groups in total. The molecular formula is C25H42ClNO4. The number of carbonyl (C=O) groups excluding carboxylic acids is 1. The Morgan fingerprint density at radius 3 is 2.48 bits per heavy atom. The topological polar surface area (TPSA) is 56.8 Å². The van der Waals surface area contributed by atoms with Crippen LogP contribution in [0.4, 0.5) is 0 Å². The summed E-state index contributed by atoms with van der Waals surface area (Å²) in [7, 11) is 3.33. The van der Waals surface area contributed by atoms with Gasteiger partial charge in [0.1, 0.15) is 6.61 Å². The number of aryl methyl sites for hydroxylation is 1. The highest BCUT2D eigenvalue weighted by Crippen LogP contribution is 2.28. The van der Waals surface area contributed by atoms with E-state index in [0.717, 1.165) is 63.0 Å². The molecule has 0 saturated carbocycles. The van der Waals surface area contributed by atoms with Crippen LogP contribution in [0.1, 0.15) is 64.4 Å². The fourth-order valence-corrected chi connectivity index (χ4v) is 3.19. The van der Waals surface area contributed by atoms with Gasteiger partial charge in [0, 0.05) is 19.6 Å². The number of hydrogen-bond donors (Lipinski definition) is 1. The third kappa shape index (κ3) is 13.3. The number of halogens is 1. The van der Waals surface area contributed by atoms with Crippen molar-refractivity contribution in [3.8, 4) is 11.5 Å². The van der Waals surface area contributed by atoms with Gasteiger partial charge < -0.3 is 19.5 Å². The number of nitrogens with one attached hydrogen (secondary N) is 1. The molecule has 0 aliphatic carbocycles. The minimum Gasteiger partial charge on any atom is -0.493 e. The van der Waals surface area contributed by atoms with Crippen LogP contribution in [0.5, 0.6) is 11.5 Å².